The van der Waals surface area contributed by atoms with Gasteiger partial charge in [0.25, 0.3) is 0 Å². The SMILES string of the molecule is CCCCCCCCCCC#CCCO. The van der Waals surface area contributed by atoms with E-state index in [9.17, 15) is 0 Å². The van der Waals surface area contributed by atoms with Gasteiger partial charge in [-0.25, -0.2) is 0 Å². The molecule has 0 fully saturated rings. The van der Waals surface area contributed by atoms with Gasteiger partial charge in [-0.15, -0.1) is 11.8 Å². The second kappa shape index (κ2) is 13.5. The molecule has 0 aromatic rings. The number of aliphatic hydroxyl groups is 1. The first-order valence-electron chi connectivity index (χ1n) is 6.48. The van der Waals surface area contributed by atoms with E-state index in [1.54, 1.807) is 0 Å². The third kappa shape index (κ3) is 13.5. The third-order valence-corrected chi connectivity index (χ3v) is 2.52. The molecule has 0 rings (SSSR count). The summed E-state index contributed by atoms with van der Waals surface area (Å²) in [4.78, 5) is 0. The number of hydrogen-bond donors (Lipinski definition) is 1. The fourth-order valence-electron chi connectivity index (χ4n) is 1.58. The Kier molecular flexibility index (Phi) is 13.1. The van der Waals surface area contributed by atoms with Crippen molar-refractivity contribution in [3.63, 3.8) is 0 Å². The first-order chi connectivity index (χ1) is 7.41. The van der Waals surface area contributed by atoms with Crippen LogP contribution in [0.4, 0.5) is 0 Å². The maximum absolute atomic E-state index is 8.51. The van der Waals surface area contributed by atoms with Crippen molar-refractivity contribution in [2.75, 3.05) is 6.61 Å². The van der Waals surface area contributed by atoms with Gasteiger partial charge in [-0.05, 0) is 6.42 Å². The van der Waals surface area contributed by atoms with Crippen molar-refractivity contribution < 1.29 is 5.11 Å². The quantitative estimate of drug-likeness (QED) is 0.452. The van der Waals surface area contributed by atoms with E-state index in [0.717, 1.165) is 6.42 Å². The van der Waals surface area contributed by atoms with Crippen LogP contribution in [0.1, 0.15) is 71.1 Å². The van der Waals surface area contributed by atoms with Crippen LogP contribution >= 0.6 is 0 Å². The molecule has 0 saturated heterocycles. The number of rotatable bonds is 9. The van der Waals surface area contributed by atoms with Gasteiger partial charge in [-0.3, -0.25) is 0 Å². The molecule has 0 radical (unpaired) electrons. The molecule has 0 aromatic carbocycles. The van der Waals surface area contributed by atoms with E-state index in [1.807, 2.05) is 0 Å². The van der Waals surface area contributed by atoms with Crippen LogP contribution in [0.3, 0.4) is 0 Å². The average molecular weight is 210 g/mol. The molecule has 0 bridgehead atoms. The molecule has 0 spiro atoms. The Hall–Kier alpha value is -0.480. The van der Waals surface area contributed by atoms with Gasteiger partial charge in [0.05, 0.1) is 6.61 Å². The van der Waals surface area contributed by atoms with E-state index in [2.05, 4.69) is 18.8 Å². The zero-order chi connectivity index (χ0) is 11.2. The van der Waals surface area contributed by atoms with Crippen molar-refractivity contribution in [3.8, 4) is 11.8 Å². The zero-order valence-electron chi connectivity index (χ0n) is 10.2. The van der Waals surface area contributed by atoms with E-state index in [-0.39, 0.29) is 6.61 Å². The molecular formula is C14H26O. The topological polar surface area (TPSA) is 20.2 Å². The largest absolute Gasteiger partial charge is 0.395 e. The van der Waals surface area contributed by atoms with Gasteiger partial charge in [0, 0.05) is 12.8 Å². The summed E-state index contributed by atoms with van der Waals surface area (Å²) in [7, 11) is 0. The van der Waals surface area contributed by atoms with Crippen LogP contribution in [0.2, 0.25) is 0 Å². The normalized spacial score (nSPS) is 9.73. The van der Waals surface area contributed by atoms with Gasteiger partial charge in [0.2, 0.25) is 0 Å². The maximum Gasteiger partial charge on any atom is 0.0540 e. The Balaban J connectivity index is 2.96. The van der Waals surface area contributed by atoms with E-state index >= 15 is 0 Å². The van der Waals surface area contributed by atoms with Crippen molar-refractivity contribution >= 4 is 0 Å². The summed E-state index contributed by atoms with van der Waals surface area (Å²) in [6, 6.07) is 0. The summed E-state index contributed by atoms with van der Waals surface area (Å²) < 4.78 is 0. The number of hydrogen-bond acceptors (Lipinski definition) is 1. The lowest BCUT2D eigenvalue weighted by Crippen LogP contribution is -1.80. The maximum atomic E-state index is 8.51. The third-order valence-electron chi connectivity index (χ3n) is 2.52. The lowest BCUT2D eigenvalue weighted by Gasteiger charge is -1.99. The Bertz CT molecular complexity index is 164. The molecular weight excluding hydrogens is 184 g/mol. The molecule has 0 aliphatic heterocycles. The van der Waals surface area contributed by atoms with E-state index in [4.69, 9.17) is 5.11 Å². The van der Waals surface area contributed by atoms with Crippen LogP contribution < -0.4 is 0 Å². The second-order valence-electron chi connectivity index (χ2n) is 4.05. The molecule has 1 heteroatoms. The van der Waals surface area contributed by atoms with E-state index in [0.29, 0.717) is 6.42 Å². The predicted molar refractivity (Wildman–Crippen MR) is 66.7 cm³/mol. The first-order valence-corrected chi connectivity index (χ1v) is 6.48. The molecule has 1 nitrogen and oxygen atoms in total. The minimum Gasteiger partial charge on any atom is -0.395 e. The molecule has 0 unspecified atom stereocenters. The second-order valence-corrected chi connectivity index (χ2v) is 4.05. The molecule has 1 N–H and O–H groups in total. The summed E-state index contributed by atoms with van der Waals surface area (Å²) in [5.41, 5.74) is 0. The molecule has 0 heterocycles. The van der Waals surface area contributed by atoms with Crippen molar-refractivity contribution in [3.05, 3.63) is 0 Å². The zero-order valence-corrected chi connectivity index (χ0v) is 10.2. The monoisotopic (exact) mass is 210 g/mol. The van der Waals surface area contributed by atoms with Gasteiger partial charge >= 0.3 is 0 Å². The predicted octanol–water partition coefficient (Wildman–Crippen LogP) is 3.90. The highest BCUT2D eigenvalue weighted by molar-refractivity contribution is 4.98. The van der Waals surface area contributed by atoms with Gasteiger partial charge in [-0.1, -0.05) is 51.9 Å². The molecule has 0 amide bonds. The van der Waals surface area contributed by atoms with Gasteiger partial charge in [-0.2, -0.15) is 0 Å². The van der Waals surface area contributed by atoms with Crippen LogP contribution in [-0.4, -0.2) is 11.7 Å². The fraction of sp³-hybridized carbons (Fsp3) is 0.857. The van der Waals surface area contributed by atoms with Gasteiger partial charge in [0.15, 0.2) is 0 Å². The van der Waals surface area contributed by atoms with Gasteiger partial charge < -0.3 is 5.11 Å². The van der Waals surface area contributed by atoms with Crippen LogP contribution in [0.15, 0.2) is 0 Å². The molecule has 0 saturated carbocycles. The Morgan fingerprint density at radius 2 is 1.27 bits per heavy atom. The summed E-state index contributed by atoms with van der Waals surface area (Å²) in [5, 5.41) is 8.51. The Morgan fingerprint density at radius 3 is 1.87 bits per heavy atom. The average Bonchev–Trinajstić information content (AvgIpc) is 2.26. The van der Waals surface area contributed by atoms with E-state index in [1.165, 1.54) is 51.4 Å². The highest BCUT2D eigenvalue weighted by Crippen LogP contribution is 2.08. The molecule has 0 aliphatic rings. The standard InChI is InChI=1S/C14H26O/c1-2-3-4-5-6-7-8-9-10-11-12-13-14-15/h15H,2-10,13-14H2,1H3. The van der Waals surface area contributed by atoms with Crippen molar-refractivity contribution in [1.29, 1.82) is 0 Å². The van der Waals surface area contributed by atoms with Crippen molar-refractivity contribution in [2.45, 2.75) is 71.1 Å². The highest BCUT2D eigenvalue weighted by Gasteiger charge is 1.89. The molecule has 0 aromatic heterocycles. The minimum absolute atomic E-state index is 0.199. The number of unbranched alkanes of at least 4 members (excludes halogenated alkanes) is 8. The van der Waals surface area contributed by atoms with E-state index < -0.39 is 0 Å². The molecule has 88 valence electrons. The van der Waals surface area contributed by atoms with Gasteiger partial charge in [0.1, 0.15) is 0 Å². The number of aliphatic hydroxyl groups excluding tert-OH is 1. The lowest BCUT2D eigenvalue weighted by molar-refractivity contribution is 0.305. The minimum atomic E-state index is 0.199. The summed E-state index contributed by atoms with van der Waals surface area (Å²) in [5.74, 6) is 6.04. The van der Waals surface area contributed by atoms with Crippen LogP contribution in [0, 0.1) is 11.8 Å². The molecule has 0 aliphatic carbocycles. The van der Waals surface area contributed by atoms with Crippen LogP contribution in [0.25, 0.3) is 0 Å². The summed E-state index contributed by atoms with van der Waals surface area (Å²) in [6.07, 6.45) is 12.5. The first kappa shape index (κ1) is 14.5. The van der Waals surface area contributed by atoms with Crippen LogP contribution in [-0.2, 0) is 0 Å². The van der Waals surface area contributed by atoms with Crippen molar-refractivity contribution in [2.24, 2.45) is 0 Å². The Labute approximate surface area is 95.3 Å². The fourth-order valence-corrected chi connectivity index (χ4v) is 1.58. The van der Waals surface area contributed by atoms with Crippen molar-refractivity contribution in [1.82, 2.24) is 0 Å². The molecule has 0 atom stereocenters. The summed E-state index contributed by atoms with van der Waals surface area (Å²) >= 11 is 0. The highest BCUT2D eigenvalue weighted by atomic mass is 16.2. The smallest absolute Gasteiger partial charge is 0.0540 e. The Morgan fingerprint density at radius 1 is 0.733 bits per heavy atom. The lowest BCUT2D eigenvalue weighted by atomic mass is 10.1. The molecule has 15 heavy (non-hydrogen) atoms. The van der Waals surface area contributed by atoms with Crippen LogP contribution in [0.5, 0.6) is 0 Å². The summed E-state index contributed by atoms with van der Waals surface area (Å²) in [6.45, 7) is 2.45.